The third-order valence-electron chi connectivity index (χ3n) is 5.18. The Morgan fingerprint density at radius 2 is 1.93 bits per heavy atom. The zero-order valence-corrected chi connectivity index (χ0v) is 18.5. The van der Waals surface area contributed by atoms with Crippen molar-refractivity contribution < 1.29 is 19.1 Å². The molecule has 7 nitrogen and oxygen atoms in total. The van der Waals surface area contributed by atoms with Gasteiger partial charge in [-0.2, -0.15) is 0 Å². The van der Waals surface area contributed by atoms with E-state index in [1.54, 1.807) is 37.2 Å². The number of nitrogens with one attached hydrogen (secondary N) is 1. The average molecular weight is 430 g/mol. The van der Waals surface area contributed by atoms with Crippen molar-refractivity contribution in [3.05, 3.63) is 52.2 Å². The number of carbonyl (C=O) groups excluding carboxylic acids is 3. The SMILES string of the molecule is COc1ccc(CN(C(=O)CN2C(=O)NC(C)(C)C2=O)[C@H](C)Cc2cccs2)cc1. The van der Waals surface area contributed by atoms with Crippen molar-refractivity contribution in [2.24, 2.45) is 0 Å². The first-order chi connectivity index (χ1) is 14.2. The number of hydrogen-bond donors (Lipinski definition) is 1. The molecule has 0 spiro atoms. The minimum absolute atomic E-state index is 0.105. The second-order valence-electron chi connectivity index (χ2n) is 7.95. The molecule has 1 aromatic carbocycles. The van der Waals surface area contributed by atoms with Gasteiger partial charge in [0.1, 0.15) is 17.8 Å². The number of ether oxygens (including phenoxy) is 1. The Morgan fingerprint density at radius 1 is 1.23 bits per heavy atom. The maximum absolute atomic E-state index is 13.2. The van der Waals surface area contributed by atoms with Crippen molar-refractivity contribution >= 4 is 29.2 Å². The van der Waals surface area contributed by atoms with Crippen molar-refractivity contribution in [3.8, 4) is 5.75 Å². The lowest BCUT2D eigenvalue weighted by molar-refractivity contribution is -0.140. The number of methoxy groups -OCH3 is 1. The van der Waals surface area contributed by atoms with Crippen LogP contribution in [0.15, 0.2) is 41.8 Å². The summed E-state index contributed by atoms with van der Waals surface area (Å²) >= 11 is 1.64. The Labute approximate surface area is 180 Å². The van der Waals surface area contributed by atoms with E-state index >= 15 is 0 Å². The van der Waals surface area contributed by atoms with Gasteiger partial charge in [0.15, 0.2) is 0 Å². The smallest absolute Gasteiger partial charge is 0.325 e. The van der Waals surface area contributed by atoms with Crippen LogP contribution in [0, 0.1) is 0 Å². The standard InChI is InChI=1S/C22H27N3O4S/c1-15(12-18-6-5-11-30-18)24(13-16-7-9-17(29-4)10-8-16)19(26)14-25-20(27)22(2,3)23-21(25)28/h5-11,15H,12-14H2,1-4H3,(H,23,28)/t15-/m1/s1. The molecule has 3 rings (SSSR count). The average Bonchev–Trinajstić information content (AvgIpc) is 3.28. The predicted molar refractivity (Wildman–Crippen MR) is 115 cm³/mol. The lowest BCUT2D eigenvalue weighted by Crippen LogP contribution is -2.47. The third-order valence-corrected chi connectivity index (χ3v) is 6.08. The van der Waals surface area contributed by atoms with Crippen LogP contribution in [0.5, 0.6) is 5.75 Å². The molecular weight excluding hydrogens is 402 g/mol. The number of rotatable bonds is 8. The molecule has 8 heteroatoms. The summed E-state index contributed by atoms with van der Waals surface area (Å²) in [6, 6.07) is 10.9. The maximum atomic E-state index is 13.2. The number of carbonyl (C=O) groups is 3. The van der Waals surface area contributed by atoms with E-state index in [-0.39, 0.29) is 18.5 Å². The van der Waals surface area contributed by atoms with Crippen LogP contribution in [0.25, 0.3) is 0 Å². The van der Waals surface area contributed by atoms with E-state index in [4.69, 9.17) is 4.74 Å². The Hall–Kier alpha value is -2.87. The van der Waals surface area contributed by atoms with E-state index in [2.05, 4.69) is 5.32 Å². The Bertz CT molecular complexity index is 909. The molecule has 1 saturated heterocycles. The van der Waals surface area contributed by atoms with Gasteiger partial charge in [0.05, 0.1) is 7.11 Å². The summed E-state index contributed by atoms with van der Waals surface area (Å²) in [6.07, 6.45) is 0.700. The number of thiophene rings is 1. The molecular formula is C22H27N3O4S. The molecule has 160 valence electrons. The van der Waals surface area contributed by atoms with Crippen molar-refractivity contribution in [1.82, 2.24) is 15.1 Å². The lowest BCUT2D eigenvalue weighted by atomic mass is 10.1. The summed E-state index contributed by atoms with van der Waals surface area (Å²) in [4.78, 5) is 41.9. The summed E-state index contributed by atoms with van der Waals surface area (Å²) in [5.74, 6) is 0.0806. The third kappa shape index (κ3) is 4.81. The van der Waals surface area contributed by atoms with Crippen LogP contribution < -0.4 is 10.1 Å². The number of imide groups is 1. The highest BCUT2D eigenvalue weighted by Crippen LogP contribution is 2.21. The van der Waals surface area contributed by atoms with Crippen molar-refractivity contribution in [1.29, 1.82) is 0 Å². The number of benzene rings is 1. The monoisotopic (exact) mass is 429 g/mol. The normalized spacial score (nSPS) is 16.3. The van der Waals surface area contributed by atoms with Gasteiger partial charge in [0, 0.05) is 23.9 Å². The van der Waals surface area contributed by atoms with Crippen molar-refractivity contribution in [2.45, 2.75) is 45.3 Å². The fourth-order valence-corrected chi connectivity index (χ4v) is 4.26. The van der Waals surface area contributed by atoms with Crippen LogP contribution in [0.1, 0.15) is 31.2 Å². The van der Waals surface area contributed by atoms with E-state index in [1.807, 2.05) is 48.7 Å². The number of urea groups is 1. The first-order valence-corrected chi connectivity index (χ1v) is 10.7. The number of amides is 4. The minimum Gasteiger partial charge on any atom is -0.497 e. The van der Waals surface area contributed by atoms with Gasteiger partial charge in [-0.3, -0.25) is 14.5 Å². The van der Waals surface area contributed by atoms with E-state index in [1.165, 1.54) is 4.88 Å². The Balaban J connectivity index is 1.79. The summed E-state index contributed by atoms with van der Waals surface area (Å²) < 4.78 is 5.20. The topological polar surface area (TPSA) is 79.0 Å². The Kier molecular flexibility index (Phi) is 6.45. The second kappa shape index (κ2) is 8.87. The van der Waals surface area contributed by atoms with Gasteiger partial charge in [0.2, 0.25) is 5.91 Å². The van der Waals surface area contributed by atoms with Crippen LogP contribution in [0.3, 0.4) is 0 Å². The minimum atomic E-state index is -0.999. The molecule has 1 aromatic heterocycles. The molecule has 30 heavy (non-hydrogen) atoms. The molecule has 1 fully saturated rings. The molecule has 2 aromatic rings. The number of hydrogen-bond acceptors (Lipinski definition) is 5. The van der Waals surface area contributed by atoms with E-state index in [0.29, 0.717) is 13.0 Å². The van der Waals surface area contributed by atoms with Gasteiger partial charge >= 0.3 is 6.03 Å². The zero-order chi connectivity index (χ0) is 21.9. The molecule has 1 aliphatic heterocycles. The van der Waals surface area contributed by atoms with E-state index in [9.17, 15) is 14.4 Å². The molecule has 1 aliphatic rings. The zero-order valence-electron chi connectivity index (χ0n) is 17.7. The quantitative estimate of drug-likeness (QED) is 0.654. The molecule has 0 unspecified atom stereocenters. The van der Waals surface area contributed by atoms with Gasteiger partial charge in [-0.05, 0) is 49.9 Å². The van der Waals surface area contributed by atoms with E-state index in [0.717, 1.165) is 16.2 Å². The first kappa shape index (κ1) is 21.8. The van der Waals surface area contributed by atoms with E-state index < -0.39 is 17.5 Å². The Morgan fingerprint density at radius 3 is 2.47 bits per heavy atom. The second-order valence-corrected chi connectivity index (χ2v) is 8.98. The van der Waals surface area contributed by atoms with Crippen molar-refractivity contribution in [3.63, 3.8) is 0 Å². The fourth-order valence-electron chi connectivity index (χ4n) is 3.44. The van der Waals surface area contributed by atoms with Crippen LogP contribution in [0.4, 0.5) is 4.79 Å². The van der Waals surface area contributed by atoms with Gasteiger partial charge in [-0.15, -0.1) is 11.3 Å². The summed E-state index contributed by atoms with van der Waals surface area (Å²) in [5.41, 5.74) is -0.0551. The van der Waals surface area contributed by atoms with Gasteiger partial charge in [-0.25, -0.2) is 4.79 Å². The molecule has 0 bridgehead atoms. The summed E-state index contributed by atoms with van der Waals surface area (Å²) in [7, 11) is 1.60. The fraction of sp³-hybridized carbons (Fsp3) is 0.409. The van der Waals surface area contributed by atoms with Crippen LogP contribution in [-0.2, 0) is 22.6 Å². The summed E-state index contributed by atoms with van der Waals surface area (Å²) in [5, 5.41) is 4.63. The number of nitrogens with zero attached hydrogens (tertiary/aromatic N) is 2. The molecule has 1 atom stereocenters. The van der Waals surface area contributed by atoms with Gasteiger partial charge < -0.3 is 15.0 Å². The van der Waals surface area contributed by atoms with Crippen LogP contribution in [0.2, 0.25) is 0 Å². The lowest BCUT2D eigenvalue weighted by Gasteiger charge is -2.30. The molecule has 0 saturated carbocycles. The molecule has 0 radical (unpaired) electrons. The van der Waals surface area contributed by atoms with Crippen LogP contribution in [-0.4, -0.2) is 52.9 Å². The largest absolute Gasteiger partial charge is 0.497 e. The highest BCUT2D eigenvalue weighted by molar-refractivity contribution is 7.09. The highest BCUT2D eigenvalue weighted by Gasteiger charge is 2.45. The molecule has 2 heterocycles. The molecule has 1 N–H and O–H groups in total. The van der Waals surface area contributed by atoms with Crippen molar-refractivity contribution in [2.75, 3.05) is 13.7 Å². The van der Waals surface area contributed by atoms with Gasteiger partial charge in [0.25, 0.3) is 5.91 Å². The first-order valence-electron chi connectivity index (χ1n) is 9.80. The predicted octanol–water partition coefficient (Wildman–Crippen LogP) is 3.05. The van der Waals surface area contributed by atoms with Gasteiger partial charge in [-0.1, -0.05) is 18.2 Å². The molecule has 4 amide bonds. The van der Waals surface area contributed by atoms with Crippen LogP contribution >= 0.6 is 11.3 Å². The molecule has 0 aliphatic carbocycles. The summed E-state index contributed by atoms with van der Waals surface area (Å²) in [6.45, 7) is 5.34. The maximum Gasteiger partial charge on any atom is 0.325 e. The highest BCUT2D eigenvalue weighted by atomic mass is 32.1.